The Morgan fingerprint density at radius 3 is 2.48 bits per heavy atom. The standard InChI is InChI=1S/C20H22N2O3S2/c1-4-22(13-16-8-6-5-7-9-16)27(23,24)20-12-17(10-11-19(20)25-3)18-14-26-15(2)21-18/h5-12,14H,4,13H2,1-3H3. The summed E-state index contributed by atoms with van der Waals surface area (Å²) in [7, 11) is -2.25. The van der Waals surface area contributed by atoms with Crippen LogP contribution in [0.2, 0.25) is 0 Å². The molecule has 1 aromatic heterocycles. The monoisotopic (exact) mass is 402 g/mol. The van der Waals surface area contributed by atoms with Crippen molar-refractivity contribution in [2.75, 3.05) is 13.7 Å². The summed E-state index contributed by atoms with van der Waals surface area (Å²) < 4.78 is 33.5. The maximum Gasteiger partial charge on any atom is 0.247 e. The zero-order valence-electron chi connectivity index (χ0n) is 15.5. The summed E-state index contributed by atoms with van der Waals surface area (Å²) in [5.74, 6) is 0.331. The molecule has 3 rings (SSSR count). The third-order valence-electron chi connectivity index (χ3n) is 4.25. The average Bonchev–Trinajstić information content (AvgIpc) is 3.12. The van der Waals surface area contributed by atoms with E-state index in [0.29, 0.717) is 18.8 Å². The molecule has 0 saturated carbocycles. The van der Waals surface area contributed by atoms with Gasteiger partial charge in [0, 0.05) is 24.0 Å². The largest absolute Gasteiger partial charge is 0.495 e. The molecular formula is C20H22N2O3S2. The van der Waals surface area contributed by atoms with Crippen LogP contribution in [0.4, 0.5) is 0 Å². The van der Waals surface area contributed by atoms with Crippen molar-refractivity contribution in [3.05, 3.63) is 64.5 Å². The van der Waals surface area contributed by atoms with Gasteiger partial charge in [0.2, 0.25) is 10.0 Å². The van der Waals surface area contributed by atoms with Crippen molar-refractivity contribution in [3.63, 3.8) is 0 Å². The maximum absolute atomic E-state index is 13.4. The normalized spacial score (nSPS) is 11.7. The van der Waals surface area contributed by atoms with Crippen LogP contribution in [0.1, 0.15) is 17.5 Å². The van der Waals surface area contributed by atoms with E-state index in [9.17, 15) is 8.42 Å². The number of thiazole rings is 1. The van der Waals surface area contributed by atoms with E-state index in [1.54, 1.807) is 12.1 Å². The van der Waals surface area contributed by atoms with Crippen LogP contribution in [0.5, 0.6) is 5.75 Å². The molecule has 0 aliphatic carbocycles. The smallest absolute Gasteiger partial charge is 0.247 e. The quantitative estimate of drug-likeness (QED) is 0.590. The third kappa shape index (κ3) is 4.21. The minimum atomic E-state index is -3.73. The highest BCUT2D eigenvalue weighted by molar-refractivity contribution is 7.89. The Bertz CT molecular complexity index is 1010. The predicted octanol–water partition coefficient (Wildman–Crippen LogP) is 4.34. The summed E-state index contributed by atoms with van der Waals surface area (Å²) in [4.78, 5) is 4.62. The Balaban J connectivity index is 2.03. The molecular weight excluding hydrogens is 380 g/mol. The number of hydrogen-bond acceptors (Lipinski definition) is 5. The van der Waals surface area contributed by atoms with Gasteiger partial charge in [-0.15, -0.1) is 11.3 Å². The van der Waals surface area contributed by atoms with Gasteiger partial charge in [0.1, 0.15) is 10.6 Å². The van der Waals surface area contributed by atoms with Gasteiger partial charge < -0.3 is 4.74 Å². The van der Waals surface area contributed by atoms with Gasteiger partial charge in [-0.2, -0.15) is 4.31 Å². The van der Waals surface area contributed by atoms with Gasteiger partial charge in [0.05, 0.1) is 17.8 Å². The number of rotatable bonds is 7. The van der Waals surface area contributed by atoms with Crippen LogP contribution in [0.25, 0.3) is 11.3 Å². The van der Waals surface area contributed by atoms with Crippen LogP contribution in [0.3, 0.4) is 0 Å². The fourth-order valence-electron chi connectivity index (χ4n) is 2.83. The lowest BCUT2D eigenvalue weighted by Crippen LogP contribution is -2.30. The Morgan fingerprint density at radius 2 is 1.89 bits per heavy atom. The molecule has 1 heterocycles. The first kappa shape index (κ1) is 19.5. The van der Waals surface area contributed by atoms with Crippen LogP contribution in [-0.4, -0.2) is 31.4 Å². The summed E-state index contributed by atoms with van der Waals surface area (Å²) in [6.45, 7) is 4.43. The summed E-state index contributed by atoms with van der Waals surface area (Å²) in [6, 6.07) is 14.7. The number of ether oxygens (including phenoxy) is 1. The molecule has 7 heteroatoms. The number of aromatic nitrogens is 1. The average molecular weight is 403 g/mol. The van der Waals surface area contributed by atoms with Crippen LogP contribution in [0.15, 0.2) is 58.8 Å². The van der Waals surface area contributed by atoms with Crippen molar-refractivity contribution >= 4 is 21.4 Å². The maximum atomic E-state index is 13.4. The van der Waals surface area contributed by atoms with E-state index in [2.05, 4.69) is 4.98 Å². The van der Waals surface area contributed by atoms with E-state index in [-0.39, 0.29) is 4.90 Å². The number of nitrogens with zero attached hydrogens (tertiary/aromatic N) is 2. The van der Waals surface area contributed by atoms with Gasteiger partial charge in [-0.3, -0.25) is 0 Å². The Hall–Kier alpha value is -2.22. The van der Waals surface area contributed by atoms with Crippen LogP contribution >= 0.6 is 11.3 Å². The number of sulfonamides is 1. The molecule has 0 saturated heterocycles. The molecule has 3 aromatic rings. The SMILES string of the molecule is CCN(Cc1ccccc1)S(=O)(=O)c1cc(-c2csc(C)n2)ccc1OC. The minimum absolute atomic E-state index is 0.158. The highest BCUT2D eigenvalue weighted by Gasteiger charge is 2.27. The lowest BCUT2D eigenvalue weighted by molar-refractivity contribution is 0.391. The molecule has 0 unspecified atom stereocenters. The highest BCUT2D eigenvalue weighted by atomic mass is 32.2. The van der Waals surface area contributed by atoms with E-state index in [1.165, 1.54) is 22.8 Å². The lowest BCUT2D eigenvalue weighted by atomic mass is 10.2. The van der Waals surface area contributed by atoms with Crippen LogP contribution in [-0.2, 0) is 16.6 Å². The van der Waals surface area contributed by atoms with Crippen molar-refractivity contribution in [2.24, 2.45) is 0 Å². The zero-order valence-corrected chi connectivity index (χ0v) is 17.2. The Kier molecular flexibility index (Phi) is 5.94. The lowest BCUT2D eigenvalue weighted by Gasteiger charge is -2.22. The van der Waals surface area contributed by atoms with Gasteiger partial charge >= 0.3 is 0 Å². The highest BCUT2D eigenvalue weighted by Crippen LogP contribution is 2.32. The fourth-order valence-corrected chi connectivity index (χ4v) is 5.07. The van der Waals surface area contributed by atoms with E-state index in [1.807, 2.05) is 55.6 Å². The minimum Gasteiger partial charge on any atom is -0.495 e. The van der Waals surface area contributed by atoms with E-state index < -0.39 is 10.0 Å². The second-order valence-corrected chi connectivity index (χ2v) is 9.00. The summed E-state index contributed by atoms with van der Waals surface area (Å²) in [5.41, 5.74) is 2.46. The van der Waals surface area contributed by atoms with Crippen molar-refractivity contribution in [1.29, 1.82) is 0 Å². The third-order valence-corrected chi connectivity index (χ3v) is 6.97. The first-order valence-corrected chi connectivity index (χ1v) is 10.9. The molecule has 0 aliphatic heterocycles. The first-order valence-electron chi connectivity index (χ1n) is 8.60. The molecule has 5 nitrogen and oxygen atoms in total. The van der Waals surface area contributed by atoms with Gasteiger partial charge in [-0.25, -0.2) is 13.4 Å². The molecule has 27 heavy (non-hydrogen) atoms. The molecule has 0 radical (unpaired) electrons. The molecule has 0 aliphatic rings. The van der Waals surface area contributed by atoms with Crippen LogP contribution < -0.4 is 4.74 Å². The predicted molar refractivity (Wildman–Crippen MR) is 109 cm³/mol. The van der Waals surface area contributed by atoms with Crippen molar-refractivity contribution in [3.8, 4) is 17.0 Å². The molecule has 0 spiro atoms. The van der Waals surface area contributed by atoms with Crippen molar-refractivity contribution < 1.29 is 13.2 Å². The Morgan fingerprint density at radius 1 is 1.15 bits per heavy atom. The molecule has 0 N–H and O–H groups in total. The molecule has 142 valence electrons. The number of aryl methyl sites for hydroxylation is 1. The van der Waals surface area contributed by atoms with Gasteiger partial charge in [0.15, 0.2) is 0 Å². The summed E-state index contributed by atoms with van der Waals surface area (Å²) >= 11 is 1.53. The van der Waals surface area contributed by atoms with E-state index in [0.717, 1.165) is 21.8 Å². The molecule has 2 aromatic carbocycles. The molecule has 0 bridgehead atoms. The Labute approximate surface area is 164 Å². The summed E-state index contributed by atoms with van der Waals surface area (Å²) in [5, 5.41) is 2.86. The second kappa shape index (κ2) is 8.21. The van der Waals surface area contributed by atoms with Gasteiger partial charge in [-0.1, -0.05) is 37.3 Å². The summed E-state index contributed by atoms with van der Waals surface area (Å²) in [6.07, 6.45) is 0. The number of methoxy groups -OCH3 is 1. The topological polar surface area (TPSA) is 59.5 Å². The van der Waals surface area contributed by atoms with Crippen LogP contribution in [0, 0.1) is 6.92 Å². The zero-order chi connectivity index (χ0) is 19.4. The van der Waals surface area contributed by atoms with Gasteiger partial charge in [0.25, 0.3) is 0 Å². The van der Waals surface area contributed by atoms with Crippen molar-refractivity contribution in [2.45, 2.75) is 25.3 Å². The first-order chi connectivity index (χ1) is 13.0. The van der Waals surface area contributed by atoms with E-state index >= 15 is 0 Å². The number of benzene rings is 2. The van der Waals surface area contributed by atoms with Gasteiger partial charge in [-0.05, 0) is 30.7 Å². The number of hydrogen-bond donors (Lipinski definition) is 0. The van der Waals surface area contributed by atoms with Crippen molar-refractivity contribution in [1.82, 2.24) is 9.29 Å². The van der Waals surface area contributed by atoms with E-state index in [4.69, 9.17) is 4.74 Å². The fraction of sp³-hybridized carbons (Fsp3) is 0.250. The molecule has 0 fully saturated rings. The molecule has 0 atom stereocenters. The second-order valence-electron chi connectivity index (χ2n) is 6.03. The molecule has 0 amide bonds.